The van der Waals surface area contributed by atoms with Crippen molar-refractivity contribution in [2.75, 3.05) is 13.1 Å². The Labute approximate surface area is 108 Å². The van der Waals surface area contributed by atoms with Gasteiger partial charge in [-0.25, -0.2) is 0 Å². The molecule has 3 N–H and O–H groups in total. The molecule has 1 aromatic heterocycles. The Morgan fingerprint density at radius 3 is 2.75 bits per heavy atom. The van der Waals surface area contributed by atoms with Gasteiger partial charge in [0.2, 0.25) is 0 Å². The summed E-state index contributed by atoms with van der Waals surface area (Å²) in [7, 11) is 0. The molecule has 0 bridgehead atoms. The van der Waals surface area contributed by atoms with Crippen LogP contribution in [-0.2, 0) is 12.0 Å². The summed E-state index contributed by atoms with van der Waals surface area (Å²) in [5, 5.41) is 7.71. The SMILES string of the molecule is Cl.Cl.N[C@@H]1Cn2nccc2C12CCNCC2. The Balaban J connectivity index is 0.000000640. The van der Waals surface area contributed by atoms with E-state index in [1.807, 2.05) is 6.20 Å². The second-order valence-corrected chi connectivity index (χ2v) is 4.41. The normalized spacial score (nSPS) is 25.7. The van der Waals surface area contributed by atoms with Crippen molar-refractivity contribution in [3.8, 4) is 0 Å². The number of piperidine rings is 1. The predicted molar refractivity (Wildman–Crippen MR) is 68.5 cm³/mol. The van der Waals surface area contributed by atoms with Gasteiger partial charge in [-0.05, 0) is 32.0 Å². The number of halogens is 2. The average Bonchev–Trinajstić information content (AvgIpc) is 2.74. The minimum absolute atomic E-state index is 0. The molecule has 0 unspecified atom stereocenters. The molecule has 1 fully saturated rings. The highest BCUT2D eigenvalue weighted by Crippen LogP contribution is 2.40. The number of hydrogen-bond donors (Lipinski definition) is 2. The lowest BCUT2D eigenvalue weighted by molar-refractivity contribution is 0.273. The molecule has 1 atom stereocenters. The van der Waals surface area contributed by atoms with Crippen molar-refractivity contribution in [2.45, 2.75) is 30.8 Å². The van der Waals surface area contributed by atoms with E-state index in [-0.39, 0.29) is 36.3 Å². The summed E-state index contributed by atoms with van der Waals surface area (Å²) in [4.78, 5) is 0. The molecule has 0 aliphatic carbocycles. The average molecular weight is 265 g/mol. The predicted octanol–water partition coefficient (Wildman–Crippen LogP) is 0.689. The fraction of sp³-hybridized carbons (Fsp3) is 0.700. The smallest absolute Gasteiger partial charge is 0.0573 e. The fourth-order valence-corrected chi connectivity index (χ4v) is 2.95. The van der Waals surface area contributed by atoms with Crippen LogP contribution in [0.15, 0.2) is 12.3 Å². The molecular weight excluding hydrogens is 247 g/mol. The number of nitrogens with zero attached hydrogens (tertiary/aromatic N) is 2. The Morgan fingerprint density at radius 2 is 2.06 bits per heavy atom. The molecule has 6 heteroatoms. The third kappa shape index (κ3) is 1.74. The van der Waals surface area contributed by atoms with Crippen LogP contribution in [0.1, 0.15) is 18.5 Å². The molecule has 4 nitrogen and oxygen atoms in total. The maximum Gasteiger partial charge on any atom is 0.0573 e. The van der Waals surface area contributed by atoms with Crippen LogP contribution in [0.3, 0.4) is 0 Å². The van der Waals surface area contributed by atoms with Crippen molar-refractivity contribution in [3.05, 3.63) is 18.0 Å². The lowest BCUT2D eigenvalue weighted by Gasteiger charge is -2.36. The van der Waals surface area contributed by atoms with Gasteiger partial charge in [0.1, 0.15) is 0 Å². The lowest BCUT2D eigenvalue weighted by atomic mass is 9.72. The molecule has 0 radical (unpaired) electrons. The van der Waals surface area contributed by atoms with E-state index in [4.69, 9.17) is 5.73 Å². The molecule has 3 heterocycles. The molecule has 0 amide bonds. The highest BCUT2D eigenvalue weighted by molar-refractivity contribution is 5.85. The summed E-state index contributed by atoms with van der Waals surface area (Å²) in [6, 6.07) is 2.39. The maximum absolute atomic E-state index is 6.25. The van der Waals surface area contributed by atoms with Gasteiger partial charge in [0.05, 0.1) is 6.54 Å². The molecule has 1 spiro atoms. The van der Waals surface area contributed by atoms with Gasteiger partial charge in [-0.2, -0.15) is 5.10 Å². The fourth-order valence-electron chi connectivity index (χ4n) is 2.95. The first kappa shape index (κ1) is 13.8. The van der Waals surface area contributed by atoms with Gasteiger partial charge in [0.25, 0.3) is 0 Å². The molecule has 92 valence electrons. The monoisotopic (exact) mass is 264 g/mol. The van der Waals surface area contributed by atoms with Crippen molar-refractivity contribution in [2.24, 2.45) is 5.73 Å². The van der Waals surface area contributed by atoms with Gasteiger partial charge in [-0.1, -0.05) is 0 Å². The van der Waals surface area contributed by atoms with Crippen molar-refractivity contribution in [1.82, 2.24) is 15.1 Å². The number of nitrogens with two attached hydrogens (primary N) is 1. The largest absolute Gasteiger partial charge is 0.325 e. The van der Waals surface area contributed by atoms with E-state index < -0.39 is 0 Å². The first-order chi connectivity index (χ1) is 6.83. The Hall–Kier alpha value is -0.290. The highest BCUT2D eigenvalue weighted by Gasteiger charge is 2.46. The van der Waals surface area contributed by atoms with E-state index in [0.29, 0.717) is 0 Å². The summed E-state index contributed by atoms with van der Waals surface area (Å²) in [6.45, 7) is 3.06. The second-order valence-electron chi connectivity index (χ2n) is 4.41. The van der Waals surface area contributed by atoms with Crippen molar-refractivity contribution in [1.29, 1.82) is 0 Å². The molecule has 3 rings (SSSR count). The summed E-state index contributed by atoms with van der Waals surface area (Å²) in [6.07, 6.45) is 4.20. The van der Waals surface area contributed by atoms with Crippen LogP contribution in [0.25, 0.3) is 0 Å². The standard InChI is InChI=1S/C10H16N4.2ClH/c11-8-7-14-9(1-4-13-14)10(8)2-5-12-6-3-10;;/h1,4,8,12H,2-3,5-7,11H2;2*1H/t8-;;/m1../s1. The maximum atomic E-state index is 6.25. The first-order valence-electron chi connectivity index (χ1n) is 5.31. The van der Waals surface area contributed by atoms with Crippen LogP contribution in [0.2, 0.25) is 0 Å². The van der Waals surface area contributed by atoms with Gasteiger partial charge in [0, 0.05) is 23.3 Å². The van der Waals surface area contributed by atoms with Crippen LogP contribution in [0, 0.1) is 0 Å². The lowest BCUT2D eigenvalue weighted by Crippen LogP contribution is -2.49. The molecule has 2 aliphatic heterocycles. The van der Waals surface area contributed by atoms with E-state index in [1.165, 1.54) is 5.69 Å². The quantitative estimate of drug-likeness (QED) is 0.725. The van der Waals surface area contributed by atoms with Gasteiger partial charge < -0.3 is 11.1 Å². The third-order valence-electron chi connectivity index (χ3n) is 3.80. The van der Waals surface area contributed by atoms with E-state index in [0.717, 1.165) is 32.5 Å². The van der Waals surface area contributed by atoms with Gasteiger partial charge in [-0.15, -0.1) is 24.8 Å². The zero-order valence-corrected chi connectivity index (χ0v) is 10.7. The van der Waals surface area contributed by atoms with E-state index in [9.17, 15) is 0 Å². The summed E-state index contributed by atoms with van der Waals surface area (Å²) in [5.41, 5.74) is 7.81. The minimum Gasteiger partial charge on any atom is -0.325 e. The summed E-state index contributed by atoms with van der Waals surface area (Å²) >= 11 is 0. The highest BCUT2D eigenvalue weighted by atomic mass is 35.5. The van der Waals surface area contributed by atoms with Crippen LogP contribution < -0.4 is 11.1 Å². The zero-order chi connectivity index (χ0) is 9.60. The molecule has 1 saturated heterocycles. The number of rotatable bonds is 0. The Kier molecular flexibility index (Phi) is 4.23. The van der Waals surface area contributed by atoms with Crippen molar-refractivity contribution < 1.29 is 0 Å². The number of hydrogen-bond acceptors (Lipinski definition) is 3. The molecule has 2 aliphatic rings. The van der Waals surface area contributed by atoms with Crippen LogP contribution in [0.4, 0.5) is 0 Å². The summed E-state index contributed by atoms with van der Waals surface area (Å²) in [5.74, 6) is 0. The number of fused-ring (bicyclic) bond motifs is 2. The van der Waals surface area contributed by atoms with Gasteiger partial charge in [-0.3, -0.25) is 4.68 Å². The zero-order valence-electron chi connectivity index (χ0n) is 9.06. The summed E-state index contributed by atoms with van der Waals surface area (Å²) < 4.78 is 2.08. The Morgan fingerprint density at radius 1 is 1.38 bits per heavy atom. The number of nitrogens with one attached hydrogen (secondary N) is 1. The Bertz CT molecular complexity index is 346. The molecule has 0 saturated carbocycles. The van der Waals surface area contributed by atoms with E-state index in [2.05, 4.69) is 21.2 Å². The van der Waals surface area contributed by atoms with E-state index in [1.54, 1.807) is 0 Å². The van der Waals surface area contributed by atoms with E-state index >= 15 is 0 Å². The first-order valence-corrected chi connectivity index (χ1v) is 5.31. The van der Waals surface area contributed by atoms with Crippen molar-refractivity contribution in [3.63, 3.8) is 0 Å². The minimum atomic E-state index is 0. The molecular formula is C10H18Cl2N4. The molecule has 0 aromatic carbocycles. The second kappa shape index (κ2) is 4.92. The topological polar surface area (TPSA) is 55.9 Å². The van der Waals surface area contributed by atoms with Crippen LogP contribution >= 0.6 is 24.8 Å². The molecule has 16 heavy (non-hydrogen) atoms. The van der Waals surface area contributed by atoms with Gasteiger partial charge >= 0.3 is 0 Å². The van der Waals surface area contributed by atoms with Crippen LogP contribution in [-0.4, -0.2) is 28.9 Å². The van der Waals surface area contributed by atoms with Gasteiger partial charge in [0.15, 0.2) is 0 Å². The third-order valence-corrected chi connectivity index (χ3v) is 3.80. The number of aromatic nitrogens is 2. The van der Waals surface area contributed by atoms with Crippen molar-refractivity contribution >= 4 is 24.8 Å². The van der Waals surface area contributed by atoms with Crippen LogP contribution in [0.5, 0.6) is 0 Å². The molecule has 1 aromatic rings.